The van der Waals surface area contributed by atoms with Crippen LogP contribution in [0.5, 0.6) is 0 Å². The van der Waals surface area contributed by atoms with E-state index in [0.29, 0.717) is 5.76 Å². The summed E-state index contributed by atoms with van der Waals surface area (Å²) in [4.78, 5) is 12.3. The van der Waals surface area contributed by atoms with Crippen molar-refractivity contribution in [3.8, 4) is 0 Å². The monoisotopic (exact) mass is 334 g/mol. The molecular weight excluding hydrogens is 316 g/mol. The van der Waals surface area contributed by atoms with Crippen LogP contribution < -0.4 is 10.0 Å². The second-order valence-electron chi connectivity index (χ2n) is 5.76. The van der Waals surface area contributed by atoms with Crippen LogP contribution in [0.3, 0.4) is 0 Å². The van der Waals surface area contributed by atoms with Crippen molar-refractivity contribution in [3.63, 3.8) is 0 Å². The van der Waals surface area contributed by atoms with E-state index in [2.05, 4.69) is 10.0 Å². The highest BCUT2D eigenvalue weighted by Crippen LogP contribution is 2.45. The Hall–Kier alpha value is -2.12. The normalized spacial score (nSPS) is 16.0. The number of hydrogen-bond acceptors (Lipinski definition) is 4. The van der Waals surface area contributed by atoms with E-state index >= 15 is 0 Å². The molecule has 1 aromatic carbocycles. The number of amides is 1. The number of carbonyl (C=O) groups excluding carboxylic acids is 1. The maximum atomic E-state index is 12.3. The zero-order valence-corrected chi connectivity index (χ0v) is 13.5. The smallest absolute Gasteiger partial charge is 0.287 e. The van der Waals surface area contributed by atoms with Crippen LogP contribution >= 0.6 is 0 Å². The van der Waals surface area contributed by atoms with Crippen LogP contribution in [0.15, 0.2) is 46.9 Å². The second-order valence-corrected chi connectivity index (χ2v) is 7.59. The van der Waals surface area contributed by atoms with Crippen LogP contribution in [-0.2, 0) is 22.1 Å². The number of furan rings is 1. The summed E-state index contributed by atoms with van der Waals surface area (Å²) in [5.74, 6) is 0.277. The van der Waals surface area contributed by atoms with Crippen molar-refractivity contribution in [2.75, 3.05) is 6.26 Å². The second kappa shape index (κ2) is 5.82. The molecular formula is C16H18N2O4S. The molecule has 0 spiro atoms. The fourth-order valence-corrected chi connectivity index (χ4v) is 2.85. The fourth-order valence-electron chi connectivity index (χ4n) is 2.44. The fraction of sp³-hybridized carbons (Fsp3) is 0.312. The highest BCUT2D eigenvalue weighted by molar-refractivity contribution is 7.88. The van der Waals surface area contributed by atoms with Gasteiger partial charge in [0, 0.05) is 0 Å². The molecule has 0 unspecified atom stereocenters. The van der Waals surface area contributed by atoms with Crippen LogP contribution in [0.4, 0.5) is 0 Å². The molecule has 1 aromatic heterocycles. The van der Waals surface area contributed by atoms with Crippen molar-refractivity contribution in [2.45, 2.75) is 24.9 Å². The Balaban J connectivity index is 1.66. The van der Waals surface area contributed by atoms with Gasteiger partial charge in [-0.1, -0.05) is 30.3 Å². The van der Waals surface area contributed by atoms with Gasteiger partial charge in [0.1, 0.15) is 5.76 Å². The minimum atomic E-state index is -3.30. The molecule has 7 heteroatoms. The first-order valence-electron chi connectivity index (χ1n) is 7.29. The molecule has 23 heavy (non-hydrogen) atoms. The number of hydrogen-bond donors (Lipinski definition) is 2. The summed E-state index contributed by atoms with van der Waals surface area (Å²) < 4.78 is 29.9. The summed E-state index contributed by atoms with van der Waals surface area (Å²) in [7, 11) is -3.30. The number of carbonyl (C=O) groups is 1. The standard InChI is InChI=1S/C16H18N2O4S/c1-23(20,21)17-11-13-7-8-14(22-13)15(19)18-16(9-10-16)12-5-3-2-4-6-12/h2-8,17H,9-11H2,1H3,(H,18,19). The first-order valence-corrected chi connectivity index (χ1v) is 9.19. The van der Waals surface area contributed by atoms with E-state index < -0.39 is 10.0 Å². The maximum absolute atomic E-state index is 12.3. The topological polar surface area (TPSA) is 88.4 Å². The Morgan fingerprint density at radius 3 is 2.48 bits per heavy atom. The predicted octanol–water partition coefficient (Wildman–Crippen LogP) is 1.75. The van der Waals surface area contributed by atoms with E-state index in [0.717, 1.165) is 24.7 Å². The lowest BCUT2D eigenvalue weighted by atomic mass is 10.1. The Kier molecular flexibility index (Phi) is 3.99. The first-order chi connectivity index (χ1) is 10.9. The van der Waals surface area contributed by atoms with Crippen LogP contribution in [0.2, 0.25) is 0 Å². The van der Waals surface area contributed by atoms with E-state index in [-0.39, 0.29) is 23.8 Å². The number of benzene rings is 1. The molecule has 3 rings (SSSR count). The minimum absolute atomic E-state index is 0.0238. The molecule has 0 atom stereocenters. The molecule has 0 bridgehead atoms. The van der Waals surface area contributed by atoms with Gasteiger partial charge in [-0.25, -0.2) is 13.1 Å². The Morgan fingerprint density at radius 1 is 1.17 bits per heavy atom. The van der Waals surface area contributed by atoms with E-state index in [1.165, 1.54) is 0 Å². The lowest BCUT2D eigenvalue weighted by Crippen LogP contribution is -2.34. The zero-order chi connectivity index (χ0) is 16.5. The van der Waals surface area contributed by atoms with Crippen LogP contribution in [0.1, 0.15) is 34.7 Å². The SMILES string of the molecule is CS(=O)(=O)NCc1ccc(C(=O)NC2(c3ccccc3)CC2)o1. The third-order valence-electron chi connectivity index (χ3n) is 3.82. The highest BCUT2D eigenvalue weighted by atomic mass is 32.2. The lowest BCUT2D eigenvalue weighted by Gasteiger charge is -2.17. The van der Waals surface area contributed by atoms with Crippen molar-refractivity contribution in [3.05, 3.63) is 59.5 Å². The van der Waals surface area contributed by atoms with E-state index in [4.69, 9.17) is 4.42 Å². The van der Waals surface area contributed by atoms with Crippen molar-refractivity contribution >= 4 is 15.9 Å². The number of nitrogens with one attached hydrogen (secondary N) is 2. The molecule has 0 aliphatic heterocycles. The van der Waals surface area contributed by atoms with Crippen molar-refractivity contribution in [2.24, 2.45) is 0 Å². The molecule has 2 aromatic rings. The molecule has 1 fully saturated rings. The summed E-state index contributed by atoms with van der Waals surface area (Å²) in [5.41, 5.74) is 0.773. The predicted molar refractivity (Wildman–Crippen MR) is 85.2 cm³/mol. The Labute approximate surface area is 134 Å². The van der Waals surface area contributed by atoms with Crippen LogP contribution in [-0.4, -0.2) is 20.6 Å². The molecule has 2 N–H and O–H groups in total. The molecule has 1 aliphatic carbocycles. The summed E-state index contributed by atoms with van der Waals surface area (Å²) in [6, 6.07) is 13.0. The third kappa shape index (κ3) is 3.80. The van der Waals surface area contributed by atoms with Crippen molar-refractivity contribution in [1.29, 1.82) is 0 Å². The summed E-state index contributed by atoms with van der Waals surface area (Å²) in [5, 5.41) is 3.01. The van der Waals surface area contributed by atoms with Crippen molar-refractivity contribution < 1.29 is 17.6 Å². The quantitative estimate of drug-likeness (QED) is 0.842. The molecule has 1 saturated carbocycles. The van der Waals surface area contributed by atoms with E-state index in [1.54, 1.807) is 12.1 Å². The largest absolute Gasteiger partial charge is 0.455 e. The van der Waals surface area contributed by atoms with Gasteiger partial charge < -0.3 is 9.73 Å². The third-order valence-corrected chi connectivity index (χ3v) is 4.49. The average Bonchev–Trinajstić information content (AvgIpc) is 3.13. The van der Waals surface area contributed by atoms with Gasteiger partial charge in [0.05, 0.1) is 18.3 Å². The first kappa shape index (κ1) is 15.8. The van der Waals surface area contributed by atoms with Crippen LogP contribution in [0.25, 0.3) is 0 Å². The molecule has 1 aliphatic rings. The Bertz CT molecular complexity index is 808. The molecule has 1 heterocycles. The molecule has 0 radical (unpaired) electrons. The summed E-state index contributed by atoms with van der Waals surface area (Å²) in [6.45, 7) is 0.0238. The lowest BCUT2D eigenvalue weighted by molar-refractivity contribution is 0.0900. The van der Waals surface area contributed by atoms with Gasteiger partial charge >= 0.3 is 0 Å². The van der Waals surface area contributed by atoms with Gasteiger partial charge in [0.15, 0.2) is 5.76 Å². The van der Waals surface area contributed by atoms with E-state index in [1.807, 2.05) is 30.3 Å². The van der Waals surface area contributed by atoms with Gasteiger partial charge in [-0.2, -0.15) is 0 Å². The number of sulfonamides is 1. The number of rotatable bonds is 6. The van der Waals surface area contributed by atoms with E-state index in [9.17, 15) is 13.2 Å². The molecule has 122 valence electrons. The average molecular weight is 334 g/mol. The van der Waals surface area contributed by atoms with Gasteiger partial charge in [-0.05, 0) is 30.5 Å². The zero-order valence-electron chi connectivity index (χ0n) is 12.7. The van der Waals surface area contributed by atoms with Crippen molar-refractivity contribution in [1.82, 2.24) is 10.0 Å². The highest BCUT2D eigenvalue weighted by Gasteiger charge is 2.45. The van der Waals surface area contributed by atoms with Crippen LogP contribution in [0, 0.1) is 0 Å². The summed E-state index contributed by atoms with van der Waals surface area (Å²) in [6.07, 6.45) is 2.86. The van der Waals surface area contributed by atoms with Gasteiger partial charge in [-0.15, -0.1) is 0 Å². The summed E-state index contributed by atoms with van der Waals surface area (Å²) >= 11 is 0. The molecule has 6 nitrogen and oxygen atoms in total. The van der Waals surface area contributed by atoms with Gasteiger partial charge in [0.2, 0.25) is 10.0 Å². The van der Waals surface area contributed by atoms with Gasteiger partial charge in [0.25, 0.3) is 5.91 Å². The minimum Gasteiger partial charge on any atom is -0.455 e. The van der Waals surface area contributed by atoms with Gasteiger partial charge in [-0.3, -0.25) is 4.79 Å². The maximum Gasteiger partial charge on any atom is 0.287 e. The Morgan fingerprint density at radius 2 is 1.87 bits per heavy atom. The molecule has 0 saturated heterocycles. The molecule has 1 amide bonds.